The van der Waals surface area contributed by atoms with Crippen LogP contribution in [0, 0.1) is 5.92 Å². The van der Waals surface area contributed by atoms with Crippen LogP contribution in [-0.4, -0.2) is 22.6 Å². The third-order valence-corrected chi connectivity index (χ3v) is 3.28. The summed E-state index contributed by atoms with van der Waals surface area (Å²) in [5.74, 6) is -0.609. The van der Waals surface area contributed by atoms with Crippen molar-refractivity contribution >= 4 is 34.7 Å². The second-order valence-corrected chi connectivity index (χ2v) is 5.35. The molecule has 2 rings (SSSR count). The predicted octanol–water partition coefficient (Wildman–Crippen LogP) is 1.72. The predicted molar refractivity (Wildman–Crippen MR) is 75.9 cm³/mol. The molecule has 2 amide bonds. The van der Waals surface area contributed by atoms with Crippen LogP contribution in [0.15, 0.2) is 33.9 Å². The minimum Gasteiger partial charge on any atom is -0.431 e. The Morgan fingerprint density at radius 3 is 2.75 bits per heavy atom. The average Bonchev–Trinajstić information content (AvgIpc) is 2.85. The molecule has 2 N–H and O–H groups in total. The number of nitrogens with zero attached hydrogens (tertiary/aromatic N) is 1. The van der Waals surface area contributed by atoms with Crippen molar-refractivity contribution in [3.8, 4) is 0 Å². The van der Waals surface area contributed by atoms with Gasteiger partial charge in [0.15, 0.2) is 5.58 Å². The zero-order chi connectivity index (χ0) is 14.5. The Morgan fingerprint density at radius 1 is 1.30 bits per heavy atom. The summed E-state index contributed by atoms with van der Waals surface area (Å²) in [6, 6.07) is 7.38. The van der Waals surface area contributed by atoms with Crippen molar-refractivity contribution in [3.63, 3.8) is 0 Å². The van der Waals surface area contributed by atoms with Crippen molar-refractivity contribution in [1.29, 1.82) is 0 Å². The lowest BCUT2D eigenvalue weighted by atomic mass is 10.2. The maximum Gasteiger partial charge on any atom is 0.257 e. The molecule has 0 fully saturated rings. The molecule has 2 aromatic rings. The fourth-order valence-electron chi connectivity index (χ4n) is 1.35. The van der Waals surface area contributed by atoms with Crippen molar-refractivity contribution in [2.75, 3.05) is 5.75 Å². The van der Waals surface area contributed by atoms with E-state index in [4.69, 9.17) is 4.42 Å². The van der Waals surface area contributed by atoms with Gasteiger partial charge in [-0.3, -0.25) is 20.4 Å². The molecule has 0 saturated heterocycles. The summed E-state index contributed by atoms with van der Waals surface area (Å²) in [5, 5.41) is 0.427. The summed E-state index contributed by atoms with van der Waals surface area (Å²) >= 11 is 1.17. The first-order valence-electron chi connectivity index (χ1n) is 6.13. The number of hydrazine groups is 1. The van der Waals surface area contributed by atoms with Gasteiger partial charge in [0.25, 0.3) is 5.22 Å². The summed E-state index contributed by atoms with van der Waals surface area (Å²) in [6.45, 7) is 3.49. The number of benzene rings is 1. The second kappa shape index (κ2) is 6.42. The zero-order valence-corrected chi connectivity index (χ0v) is 12.0. The van der Waals surface area contributed by atoms with Crippen molar-refractivity contribution < 1.29 is 14.0 Å². The molecule has 7 heteroatoms. The Hall–Kier alpha value is -2.02. The second-order valence-electron chi connectivity index (χ2n) is 4.43. The van der Waals surface area contributed by atoms with Crippen molar-refractivity contribution in [2.24, 2.45) is 5.92 Å². The first-order chi connectivity index (χ1) is 9.56. The van der Waals surface area contributed by atoms with E-state index in [2.05, 4.69) is 15.8 Å². The molecule has 0 radical (unpaired) electrons. The lowest BCUT2D eigenvalue weighted by Crippen LogP contribution is -2.44. The molecule has 1 aromatic carbocycles. The number of aromatic nitrogens is 1. The standard InChI is InChI=1S/C13H15N3O3S/c1-8(2)12(18)16-15-11(17)7-20-13-14-9-5-3-4-6-10(9)19-13/h3-6,8H,7H2,1-2H3,(H,15,17)(H,16,18). The van der Waals surface area contributed by atoms with Gasteiger partial charge >= 0.3 is 0 Å². The highest BCUT2D eigenvalue weighted by Gasteiger charge is 2.11. The lowest BCUT2D eigenvalue weighted by Gasteiger charge is -2.08. The van der Waals surface area contributed by atoms with Gasteiger partial charge in [0.1, 0.15) is 5.52 Å². The van der Waals surface area contributed by atoms with Gasteiger partial charge in [-0.1, -0.05) is 37.7 Å². The summed E-state index contributed by atoms with van der Waals surface area (Å²) in [5.41, 5.74) is 6.12. The van der Waals surface area contributed by atoms with Gasteiger partial charge in [0.05, 0.1) is 5.75 Å². The van der Waals surface area contributed by atoms with Gasteiger partial charge in [0.2, 0.25) is 11.8 Å². The molecule has 0 unspecified atom stereocenters. The molecular weight excluding hydrogens is 278 g/mol. The Morgan fingerprint density at radius 2 is 2.05 bits per heavy atom. The summed E-state index contributed by atoms with van der Waals surface area (Å²) < 4.78 is 5.47. The van der Waals surface area contributed by atoms with Crippen LogP contribution in [-0.2, 0) is 9.59 Å². The monoisotopic (exact) mass is 293 g/mol. The van der Waals surface area contributed by atoms with E-state index in [1.807, 2.05) is 24.3 Å². The number of oxazole rings is 1. The van der Waals surface area contributed by atoms with E-state index >= 15 is 0 Å². The third-order valence-electron chi connectivity index (χ3n) is 2.45. The van der Waals surface area contributed by atoms with Crippen molar-refractivity contribution in [3.05, 3.63) is 24.3 Å². The largest absolute Gasteiger partial charge is 0.431 e. The summed E-state index contributed by atoms with van der Waals surface area (Å²) in [7, 11) is 0. The number of thioether (sulfide) groups is 1. The van der Waals surface area contributed by atoms with E-state index in [9.17, 15) is 9.59 Å². The van der Waals surface area contributed by atoms with Gasteiger partial charge in [0, 0.05) is 5.92 Å². The molecule has 20 heavy (non-hydrogen) atoms. The van der Waals surface area contributed by atoms with E-state index in [0.717, 1.165) is 5.52 Å². The highest BCUT2D eigenvalue weighted by Crippen LogP contribution is 2.22. The fraction of sp³-hybridized carbons (Fsp3) is 0.308. The number of nitrogens with one attached hydrogen (secondary N) is 2. The van der Waals surface area contributed by atoms with Gasteiger partial charge < -0.3 is 4.42 Å². The van der Waals surface area contributed by atoms with Crippen LogP contribution in [0.3, 0.4) is 0 Å². The third kappa shape index (κ3) is 3.74. The van der Waals surface area contributed by atoms with Crippen LogP contribution in [0.1, 0.15) is 13.8 Å². The normalized spacial score (nSPS) is 10.8. The molecule has 0 atom stereocenters. The number of hydrogen-bond donors (Lipinski definition) is 2. The van der Waals surface area contributed by atoms with Gasteiger partial charge in [-0.25, -0.2) is 4.98 Å². The summed E-state index contributed by atoms with van der Waals surface area (Å²) in [6.07, 6.45) is 0. The molecule has 106 valence electrons. The van der Waals surface area contributed by atoms with Crippen molar-refractivity contribution in [1.82, 2.24) is 15.8 Å². The topological polar surface area (TPSA) is 84.2 Å². The van der Waals surface area contributed by atoms with Crippen LogP contribution in [0.5, 0.6) is 0 Å². The van der Waals surface area contributed by atoms with Gasteiger partial charge in [-0.2, -0.15) is 0 Å². The maximum absolute atomic E-state index is 11.5. The van der Waals surface area contributed by atoms with Crippen LogP contribution in [0.2, 0.25) is 0 Å². The minimum atomic E-state index is -0.314. The lowest BCUT2D eigenvalue weighted by molar-refractivity contribution is -0.129. The number of hydrogen-bond acceptors (Lipinski definition) is 5. The van der Waals surface area contributed by atoms with E-state index in [1.165, 1.54) is 11.8 Å². The van der Waals surface area contributed by atoms with Gasteiger partial charge in [-0.15, -0.1) is 0 Å². The van der Waals surface area contributed by atoms with Crippen LogP contribution in [0.25, 0.3) is 11.1 Å². The van der Waals surface area contributed by atoms with E-state index < -0.39 is 0 Å². The molecule has 1 heterocycles. The molecule has 0 aliphatic heterocycles. The molecule has 1 aromatic heterocycles. The van der Waals surface area contributed by atoms with Crippen LogP contribution in [0.4, 0.5) is 0 Å². The zero-order valence-electron chi connectivity index (χ0n) is 11.2. The number of carbonyl (C=O) groups is 2. The van der Waals surface area contributed by atoms with E-state index in [-0.39, 0.29) is 23.5 Å². The Balaban J connectivity index is 1.82. The Kier molecular flexibility index (Phi) is 4.62. The Bertz CT molecular complexity index is 591. The fourth-order valence-corrected chi connectivity index (χ4v) is 1.99. The molecule has 0 bridgehead atoms. The Labute approximate surface area is 120 Å². The molecular formula is C13H15N3O3S. The highest BCUT2D eigenvalue weighted by atomic mass is 32.2. The molecule has 6 nitrogen and oxygen atoms in total. The first-order valence-corrected chi connectivity index (χ1v) is 7.12. The van der Waals surface area contributed by atoms with Crippen LogP contribution >= 0.6 is 11.8 Å². The smallest absolute Gasteiger partial charge is 0.257 e. The molecule has 0 aliphatic carbocycles. The van der Waals surface area contributed by atoms with Gasteiger partial charge in [-0.05, 0) is 12.1 Å². The molecule has 0 saturated carbocycles. The van der Waals surface area contributed by atoms with Crippen LogP contribution < -0.4 is 10.9 Å². The van der Waals surface area contributed by atoms with E-state index in [0.29, 0.717) is 10.8 Å². The number of para-hydroxylation sites is 2. The van der Waals surface area contributed by atoms with Crippen molar-refractivity contribution in [2.45, 2.75) is 19.1 Å². The van der Waals surface area contributed by atoms with E-state index in [1.54, 1.807) is 13.8 Å². The number of carbonyl (C=O) groups excluding carboxylic acids is 2. The average molecular weight is 293 g/mol. The molecule has 0 aliphatic rings. The molecule has 0 spiro atoms. The number of amides is 2. The first kappa shape index (κ1) is 14.4. The highest BCUT2D eigenvalue weighted by molar-refractivity contribution is 7.99. The quantitative estimate of drug-likeness (QED) is 0.662. The number of rotatable bonds is 4. The number of fused-ring (bicyclic) bond motifs is 1. The maximum atomic E-state index is 11.5. The summed E-state index contributed by atoms with van der Waals surface area (Å²) in [4.78, 5) is 27.1. The SMILES string of the molecule is CC(C)C(=O)NNC(=O)CSc1nc2ccccc2o1. The minimum absolute atomic E-state index is 0.116.